The molecule has 0 aromatic heterocycles. The van der Waals surface area contributed by atoms with Crippen LogP contribution in [-0.4, -0.2) is 5.25 Å². The number of hydrogen-bond donors (Lipinski definition) is 1. The Bertz CT molecular complexity index is 236. The highest BCUT2D eigenvalue weighted by atomic mass is 32.1. The van der Waals surface area contributed by atoms with Crippen LogP contribution >= 0.6 is 12.6 Å². The molecule has 0 nitrogen and oxygen atoms in total. The second-order valence-corrected chi connectivity index (χ2v) is 5.31. The lowest BCUT2D eigenvalue weighted by atomic mass is 9.86. The van der Waals surface area contributed by atoms with Crippen molar-refractivity contribution in [2.45, 2.75) is 39.9 Å². The van der Waals surface area contributed by atoms with Crippen molar-refractivity contribution in [2.75, 3.05) is 0 Å². The minimum absolute atomic E-state index is 0.205. The van der Waals surface area contributed by atoms with Gasteiger partial charge in [-0.05, 0) is 24.8 Å². The van der Waals surface area contributed by atoms with Gasteiger partial charge in [-0.25, -0.2) is 0 Å². The zero-order valence-corrected chi connectivity index (χ0v) is 10.8. The lowest BCUT2D eigenvalue weighted by molar-refractivity contribution is 0.517. The predicted molar refractivity (Wildman–Crippen MR) is 69.9 cm³/mol. The number of allylic oxidation sites excluding steroid dienone is 5. The molecule has 0 spiro atoms. The molecular weight excluding hydrogens is 188 g/mol. The summed E-state index contributed by atoms with van der Waals surface area (Å²) in [5.74, 6) is 0. The van der Waals surface area contributed by atoms with Crippen LogP contribution in [0.1, 0.15) is 34.6 Å². The van der Waals surface area contributed by atoms with E-state index in [4.69, 9.17) is 0 Å². The van der Waals surface area contributed by atoms with Gasteiger partial charge < -0.3 is 0 Å². The first-order chi connectivity index (χ1) is 6.38. The Morgan fingerprint density at radius 2 is 1.86 bits per heavy atom. The van der Waals surface area contributed by atoms with Gasteiger partial charge in [0.1, 0.15) is 0 Å². The fraction of sp³-hybridized carbons (Fsp3) is 0.538. The second kappa shape index (κ2) is 6.13. The summed E-state index contributed by atoms with van der Waals surface area (Å²) in [4.78, 5) is 0. The zero-order valence-electron chi connectivity index (χ0n) is 9.91. The maximum absolute atomic E-state index is 4.29. The average molecular weight is 210 g/mol. The molecule has 1 heteroatoms. The van der Waals surface area contributed by atoms with E-state index < -0.39 is 0 Å². The van der Waals surface area contributed by atoms with E-state index in [2.05, 4.69) is 70.7 Å². The summed E-state index contributed by atoms with van der Waals surface area (Å²) >= 11 is 4.29. The molecule has 14 heavy (non-hydrogen) atoms. The molecule has 1 atom stereocenters. The normalized spacial score (nSPS) is 16.9. The van der Waals surface area contributed by atoms with Crippen LogP contribution in [0.5, 0.6) is 0 Å². The molecule has 0 saturated heterocycles. The van der Waals surface area contributed by atoms with Crippen LogP contribution in [0.25, 0.3) is 0 Å². The first kappa shape index (κ1) is 13.6. The quantitative estimate of drug-likeness (QED) is 0.518. The molecule has 0 N–H and O–H groups in total. The lowest BCUT2D eigenvalue weighted by Crippen LogP contribution is -2.07. The van der Waals surface area contributed by atoms with E-state index in [0.717, 1.165) is 0 Å². The van der Waals surface area contributed by atoms with Crippen molar-refractivity contribution in [3.63, 3.8) is 0 Å². The summed E-state index contributed by atoms with van der Waals surface area (Å²) in [6.07, 6.45) is 10.6. The van der Waals surface area contributed by atoms with Gasteiger partial charge in [0.25, 0.3) is 0 Å². The fourth-order valence-corrected chi connectivity index (χ4v) is 1.15. The maximum atomic E-state index is 4.29. The van der Waals surface area contributed by atoms with Crippen LogP contribution in [0, 0.1) is 5.41 Å². The SMILES string of the molecule is C\C=C/C(=C\C=C/C(C)S)C(C)(C)C. The summed E-state index contributed by atoms with van der Waals surface area (Å²) in [7, 11) is 0. The van der Waals surface area contributed by atoms with Crippen molar-refractivity contribution in [1.82, 2.24) is 0 Å². The number of thiol groups is 1. The van der Waals surface area contributed by atoms with Crippen molar-refractivity contribution in [3.05, 3.63) is 36.0 Å². The molecule has 0 aliphatic carbocycles. The molecule has 0 aliphatic heterocycles. The van der Waals surface area contributed by atoms with Gasteiger partial charge in [-0.15, -0.1) is 0 Å². The van der Waals surface area contributed by atoms with E-state index in [9.17, 15) is 0 Å². The third-order valence-electron chi connectivity index (χ3n) is 1.88. The van der Waals surface area contributed by atoms with Crippen LogP contribution in [0.2, 0.25) is 0 Å². The van der Waals surface area contributed by atoms with Gasteiger partial charge in [0.2, 0.25) is 0 Å². The van der Waals surface area contributed by atoms with E-state index in [0.29, 0.717) is 5.25 Å². The molecule has 80 valence electrons. The first-order valence-electron chi connectivity index (χ1n) is 5.07. The largest absolute Gasteiger partial charge is 0.172 e. The standard InChI is InChI=1S/C13H22S/c1-6-8-12(13(3,4)5)10-7-9-11(2)14/h6-11,14H,1-5H3/b8-6-,9-7-,12-10+. The molecule has 0 radical (unpaired) electrons. The molecule has 1 unspecified atom stereocenters. The van der Waals surface area contributed by atoms with E-state index in [1.807, 2.05) is 6.92 Å². The van der Waals surface area contributed by atoms with Gasteiger partial charge in [0.15, 0.2) is 0 Å². The van der Waals surface area contributed by atoms with Crippen molar-refractivity contribution in [3.8, 4) is 0 Å². The number of rotatable bonds is 3. The fourth-order valence-electron chi connectivity index (χ4n) is 1.06. The molecule has 0 heterocycles. The van der Waals surface area contributed by atoms with Crippen LogP contribution in [0.15, 0.2) is 36.0 Å². The predicted octanol–water partition coefficient (Wildman–Crippen LogP) is 4.41. The van der Waals surface area contributed by atoms with E-state index in [-0.39, 0.29) is 5.41 Å². The van der Waals surface area contributed by atoms with Crippen molar-refractivity contribution in [1.29, 1.82) is 0 Å². The molecule has 0 fully saturated rings. The first-order valence-corrected chi connectivity index (χ1v) is 5.59. The number of hydrogen-bond acceptors (Lipinski definition) is 1. The van der Waals surface area contributed by atoms with Crippen molar-refractivity contribution in [2.24, 2.45) is 5.41 Å². The minimum atomic E-state index is 0.205. The Hall–Kier alpha value is -0.430. The van der Waals surface area contributed by atoms with Gasteiger partial charge in [-0.3, -0.25) is 0 Å². The molecule has 0 aliphatic rings. The van der Waals surface area contributed by atoms with Gasteiger partial charge in [-0.1, -0.05) is 51.2 Å². The van der Waals surface area contributed by atoms with Crippen molar-refractivity contribution < 1.29 is 0 Å². The third-order valence-corrected chi connectivity index (χ3v) is 2.05. The Morgan fingerprint density at radius 3 is 2.21 bits per heavy atom. The van der Waals surface area contributed by atoms with Crippen LogP contribution < -0.4 is 0 Å². The Labute approximate surface area is 94.2 Å². The molecular formula is C13H22S. The highest BCUT2D eigenvalue weighted by Gasteiger charge is 2.12. The van der Waals surface area contributed by atoms with Gasteiger partial charge >= 0.3 is 0 Å². The summed E-state index contributed by atoms with van der Waals surface area (Å²) in [6.45, 7) is 10.8. The summed E-state index contributed by atoms with van der Waals surface area (Å²) in [5.41, 5.74) is 1.54. The Morgan fingerprint density at radius 1 is 1.29 bits per heavy atom. The maximum Gasteiger partial charge on any atom is 0.0171 e. The average Bonchev–Trinajstić information content (AvgIpc) is 2.00. The highest BCUT2D eigenvalue weighted by Crippen LogP contribution is 2.26. The van der Waals surface area contributed by atoms with Crippen molar-refractivity contribution >= 4 is 12.6 Å². The van der Waals surface area contributed by atoms with E-state index >= 15 is 0 Å². The molecule has 0 aromatic carbocycles. The van der Waals surface area contributed by atoms with Gasteiger partial charge in [0.05, 0.1) is 0 Å². The topological polar surface area (TPSA) is 0 Å². The summed E-state index contributed by atoms with van der Waals surface area (Å²) in [5, 5.41) is 0.318. The smallest absolute Gasteiger partial charge is 0.0171 e. The van der Waals surface area contributed by atoms with E-state index in [1.54, 1.807) is 0 Å². The van der Waals surface area contributed by atoms with Gasteiger partial charge in [0, 0.05) is 5.25 Å². The minimum Gasteiger partial charge on any atom is -0.172 e. The molecule has 0 saturated carbocycles. The van der Waals surface area contributed by atoms with Gasteiger partial charge in [-0.2, -0.15) is 12.6 Å². The third kappa shape index (κ3) is 6.09. The van der Waals surface area contributed by atoms with Crippen LogP contribution in [0.3, 0.4) is 0 Å². The molecule has 0 bridgehead atoms. The molecule has 0 amide bonds. The Kier molecular flexibility index (Phi) is 5.94. The van der Waals surface area contributed by atoms with Crippen LogP contribution in [0.4, 0.5) is 0 Å². The molecule has 0 aromatic rings. The zero-order chi connectivity index (χ0) is 11.2. The highest BCUT2D eigenvalue weighted by molar-refractivity contribution is 7.81. The monoisotopic (exact) mass is 210 g/mol. The Balaban J connectivity index is 4.67. The second-order valence-electron chi connectivity index (χ2n) is 4.50. The van der Waals surface area contributed by atoms with E-state index in [1.165, 1.54) is 5.57 Å². The van der Waals surface area contributed by atoms with Crippen LogP contribution in [-0.2, 0) is 0 Å². The lowest BCUT2D eigenvalue weighted by Gasteiger charge is -2.19. The summed E-state index contributed by atoms with van der Waals surface area (Å²) < 4.78 is 0. The summed E-state index contributed by atoms with van der Waals surface area (Å²) in [6, 6.07) is 0. The molecule has 0 rings (SSSR count).